The maximum Gasteiger partial charge on any atom is 0.359 e. The lowest BCUT2D eigenvalue weighted by molar-refractivity contribution is -0.909. The highest BCUT2D eigenvalue weighted by Crippen LogP contribution is 2.13. The van der Waals surface area contributed by atoms with Gasteiger partial charge in [0.15, 0.2) is 13.1 Å². The molecule has 0 radical (unpaired) electrons. The zero-order valence-electron chi connectivity index (χ0n) is 15.1. The molecule has 0 aromatic carbocycles. The number of rotatable bonds is 16. The standard InChI is InChI=1S/C18H31NO6/c1-2-3-4-5-6-7-8-9-10-11-12-19(13-16(20)21,14-17(22)23)15-18(24)25/h3-4H,2,5-15H2,1H3,(H2-,20,21,22,23,24,25)/b4-3+. The molecule has 0 aromatic heterocycles. The predicted molar refractivity (Wildman–Crippen MR) is 91.8 cm³/mol. The first-order valence-corrected chi connectivity index (χ1v) is 8.95. The van der Waals surface area contributed by atoms with Gasteiger partial charge in [-0.3, -0.25) is 0 Å². The van der Waals surface area contributed by atoms with Crippen molar-refractivity contribution in [1.29, 1.82) is 0 Å². The summed E-state index contributed by atoms with van der Waals surface area (Å²) in [6, 6.07) is 0. The quantitative estimate of drug-likeness (QED) is 0.245. The molecule has 144 valence electrons. The van der Waals surface area contributed by atoms with Crippen molar-refractivity contribution in [2.75, 3.05) is 26.2 Å². The first-order chi connectivity index (χ1) is 11.8. The fourth-order valence-corrected chi connectivity index (χ4v) is 2.95. The van der Waals surface area contributed by atoms with Crippen molar-refractivity contribution in [2.24, 2.45) is 0 Å². The highest BCUT2D eigenvalue weighted by atomic mass is 16.4. The number of carboxylic acid groups (broad SMARTS) is 3. The van der Waals surface area contributed by atoms with Crippen LogP contribution in [0.3, 0.4) is 0 Å². The molecule has 25 heavy (non-hydrogen) atoms. The molecule has 0 bridgehead atoms. The Kier molecular flexibility index (Phi) is 12.4. The van der Waals surface area contributed by atoms with Crippen LogP contribution in [0.5, 0.6) is 0 Å². The lowest BCUT2D eigenvalue weighted by Crippen LogP contribution is -2.59. The second-order valence-corrected chi connectivity index (χ2v) is 6.49. The summed E-state index contributed by atoms with van der Waals surface area (Å²) in [5, 5.41) is 29.0. The van der Waals surface area contributed by atoms with E-state index < -0.39 is 42.0 Å². The molecule has 0 unspecified atom stereocenters. The summed E-state index contributed by atoms with van der Waals surface area (Å²) in [5.74, 6) is -3.84. The number of unbranched alkanes of at least 4 members (excludes halogenated alkanes) is 6. The highest BCUT2D eigenvalue weighted by molar-refractivity contribution is 5.72. The van der Waals surface area contributed by atoms with E-state index in [1.54, 1.807) is 0 Å². The summed E-state index contributed by atoms with van der Waals surface area (Å²) in [7, 11) is 0. The highest BCUT2D eigenvalue weighted by Gasteiger charge is 2.33. The molecule has 2 N–H and O–H groups in total. The number of carbonyl (C=O) groups excluding carboxylic acids is 1. The van der Waals surface area contributed by atoms with E-state index in [9.17, 15) is 19.5 Å². The minimum atomic E-state index is -1.43. The molecule has 0 fully saturated rings. The first kappa shape index (κ1) is 23.1. The Morgan fingerprint density at radius 3 is 1.84 bits per heavy atom. The number of allylic oxidation sites excluding steroid dienone is 2. The van der Waals surface area contributed by atoms with Crippen LogP contribution >= 0.6 is 0 Å². The molecule has 0 aliphatic carbocycles. The van der Waals surface area contributed by atoms with Gasteiger partial charge < -0.3 is 24.6 Å². The monoisotopic (exact) mass is 357 g/mol. The molecule has 0 aliphatic heterocycles. The van der Waals surface area contributed by atoms with E-state index >= 15 is 0 Å². The molecule has 0 saturated carbocycles. The lowest BCUT2D eigenvalue weighted by Gasteiger charge is -2.36. The van der Waals surface area contributed by atoms with Crippen LogP contribution in [0.25, 0.3) is 0 Å². The molecule has 7 heteroatoms. The summed E-state index contributed by atoms with van der Waals surface area (Å²) < 4.78 is -0.505. The van der Waals surface area contributed by atoms with Gasteiger partial charge in [0.25, 0.3) is 0 Å². The normalized spacial score (nSPS) is 11.7. The third kappa shape index (κ3) is 13.1. The van der Waals surface area contributed by atoms with Crippen molar-refractivity contribution in [2.45, 2.75) is 58.3 Å². The molecule has 0 rings (SSSR count). The Bertz CT molecular complexity index is 406. The van der Waals surface area contributed by atoms with Gasteiger partial charge in [-0.05, 0) is 32.1 Å². The van der Waals surface area contributed by atoms with Gasteiger partial charge in [0.1, 0.15) is 6.54 Å². The molecular formula is C18H31NO6. The summed E-state index contributed by atoms with van der Waals surface area (Å²) in [6.07, 6.45) is 12.2. The largest absolute Gasteiger partial charge is 0.544 e. The van der Waals surface area contributed by atoms with Gasteiger partial charge in [-0.25, -0.2) is 9.59 Å². The number of carboxylic acids is 3. The molecule has 0 aromatic rings. The van der Waals surface area contributed by atoms with Crippen LogP contribution in [0.15, 0.2) is 12.2 Å². The van der Waals surface area contributed by atoms with Crippen LogP contribution in [-0.4, -0.2) is 58.8 Å². The van der Waals surface area contributed by atoms with E-state index in [0.717, 1.165) is 44.9 Å². The summed E-state index contributed by atoms with van der Waals surface area (Å²) in [4.78, 5) is 33.0. The summed E-state index contributed by atoms with van der Waals surface area (Å²) in [5.41, 5.74) is 0. The Morgan fingerprint density at radius 2 is 1.36 bits per heavy atom. The fraction of sp³-hybridized carbons (Fsp3) is 0.722. The summed E-state index contributed by atoms with van der Waals surface area (Å²) in [6.45, 7) is 0.673. The molecule has 0 amide bonds. The first-order valence-electron chi connectivity index (χ1n) is 8.95. The molecule has 0 spiro atoms. The maximum absolute atomic E-state index is 11.0. The van der Waals surface area contributed by atoms with Crippen molar-refractivity contribution < 1.29 is 34.2 Å². The number of hydrogen-bond donors (Lipinski definition) is 2. The van der Waals surface area contributed by atoms with Crippen molar-refractivity contribution in [3.63, 3.8) is 0 Å². The van der Waals surface area contributed by atoms with Gasteiger partial charge in [-0.2, -0.15) is 0 Å². The zero-order valence-corrected chi connectivity index (χ0v) is 15.1. The topological polar surface area (TPSA) is 115 Å². The molecule has 0 heterocycles. The Hall–Kier alpha value is -1.89. The van der Waals surface area contributed by atoms with Crippen molar-refractivity contribution >= 4 is 17.9 Å². The smallest absolute Gasteiger partial charge is 0.359 e. The van der Waals surface area contributed by atoms with E-state index in [1.165, 1.54) is 0 Å². The van der Waals surface area contributed by atoms with Crippen LogP contribution in [-0.2, 0) is 14.4 Å². The van der Waals surface area contributed by atoms with Crippen LogP contribution < -0.4 is 5.11 Å². The zero-order chi connectivity index (χ0) is 19.1. The van der Waals surface area contributed by atoms with E-state index in [2.05, 4.69) is 19.1 Å². The van der Waals surface area contributed by atoms with Gasteiger partial charge in [0.05, 0.1) is 12.5 Å². The fourth-order valence-electron chi connectivity index (χ4n) is 2.95. The third-order valence-corrected chi connectivity index (χ3v) is 4.06. The molecule has 7 nitrogen and oxygen atoms in total. The van der Waals surface area contributed by atoms with E-state index in [4.69, 9.17) is 10.2 Å². The molecule has 0 aliphatic rings. The van der Waals surface area contributed by atoms with E-state index in [1.807, 2.05) is 0 Å². The van der Waals surface area contributed by atoms with Gasteiger partial charge in [-0.1, -0.05) is 38.3 Å². The number of quaternary nitrogens is 1. The number of hydrogen-bond acceptors (Lipinski definition) is 4. The van der Waals surface area contributed by atoms with Crippen molar-refractivity contribution in [3.8, 4) is 0 Å². The minimum absolute atomic E-state index is 0.214. The third-order valence-electron chi connectivity index (χ3n) is 4.06. The Balaban J connectivity index is 4.28. The van der Waals surface area contributed by atoms with Gasteiger partial charge in [0.2, 0.25) is 0 Å². The average molecular weight is 357 g/mol. The van der Waals surface area contributed by atoms with Crippen LogP contribution in [0.2, 0.25) is 0 Å². The van der Waals surface area contributed by atoms with Crippen molar-refractivity contribution in [1.82, 2.24) is 0 Å². The van der Waals surface area contributed by atoms with Crippen LogP contribution in [0.4, 0.5) is 0 Å². The number of carbonyl (C=O) groups is 3. The second kappa shape index (κ2) is 13.4. The van der Waals surface area contributed by atoms with E-state index in [-0.39, 0.29) is 6.54 Å². The van der Waals surface area contributed by atoms with Gasteiger partial charge in [-0.15, -0.1) is 0 Å². The average Bonchev–Trinajstić information content (AvgIpc) is 2.47. The molecular weight excluding hydrogens is 326 g/mol. The van der Waals surface area contributed by atoms with Crippen LogP contribution in [0, 0.1) is 0 Å². The van der Waals surface area contributed by atoms with Gasteiger partial charge >= 0.3 is 11.9 Å². The number of aliphatic carboxylic acids is 3. The summed E-state index contributed by atoms with van der Waals surface area (Å²) >= 11 is 0. The van der Waals surface area contributed by atoms with Crippen molar-refractivity contribution in [3.05, 3.63) is 12.2 Å². The molecule has 0 atom stereocenters. The number of nitrogens with zero attached hydrogens (tertiary/aromatic N) is 1. The Morgan fingerprint density at radius 1 is 0.840 bits per heavy atom. The lowest BCUT2D eigenvalue weighted by atomic mass is 10.1. The Labute approximate surface area is 149 Å². The molecule has 0 saturated heterocycles. The van der Waals surface area contributed by atoms with Crippen LogP contribution in [0.1, 0.15) is 58.3 Å². The second-order valence-electron chi connectivity index (χ2n) is 6.49. The maximum atomic E-state index is 11.0. The minimum Gasteiger partial charge on any atom is -0.544 e. The van der Waals surface area contributed by atoms with Gasteiger partial charge in [0, 0.05) is 0 Å². The predicted octanol–water partition coefficient (Wildman–Crippen LogP) is 1.42. The SMILES string of the molecule is CC/C=C/CCCCCCCC[N+](CC(=O)[O-])(CC(=O)O)CC(=O)O. The van der Waals surface area contributed by atoms with E-state index in [0.29, 0.717) is 6.42 Å².